The predicted octanol–water partition coefficient (Wildman–Crippen LogP) is 2.92. The normalized spacial score (nSPS) is 13.8. The molecule has 2 aromatic rings. The van der Waals surface area contributed by atoms with E-state index in [1.807, 2.05) is 31.2 Å². The van der Waals surface area contributed by atoms with Crippen LogP contribution >= 0.6 is 0 Å². The monoisotopic (exact) mass is 289 g/mol. The standard InChI is InChI=1S/C17H20FNO2/c1-11-6-7-14(16(18)8-11)17(20)15(10-19)12-4-3-5-13(9-12)21-2/h3-9,15,17,20H,10,19H2,1-2H3. The van der Waals surface area contributed by atoms with Crippen LogP contribution in [0, 0.1) is 12.7 Å². The number of nitrogens with two attached hydrogens (primary N) is 1. The molecule has 0 bridgehead atoms. The number of aryl methyl sites for hydroxylation is 1. The summed E-state index contributed by atoms with van der Waals surface area (Å²) in [5, 5.41) is 10.5. The first kappa shape index (κ1) is 15.5. The zero-order valence-corrected chi connectivity index (χ0v) is 12.2. The first-order valence-corrected chi connectivity index (χ1v) is 6.85. The minimum atomic E-state index is -0.997. The lowest BCUT2D eigenvalue weighted by Crippen LogP contribution is -2.21. The fraction of sp³-hybridized carbons (Fsp3) is 0.294. The van der Waals surface area contributed by atoms with Crippen LogP contribution in [0.4, 0.5) is 4.39 Å². The Morgan fingerprint density at radius 1 is 1.24 bits per heavy atom. The fourth-order valence-corrected chi connectivity index (χ4v) is 2.41. The highest BCUT2D eigenvalue weighted by molar-refractivity contribution is 5.34. The van der Waals surface area contributed by atoms with Crippen molar-refractivity contribution in [1.82, 2.24) is 0 Å². The van der Waals surface area contributed by atoms with Crippen LogP contribution in [0.3, 0.4) is 0 Å². The van der Waals surface area contributed by atoms with Gasteiger partial charge in [-0.1, -0.05) is 24.3 Å². The molecule has 112 valence electrons. The molecule has 0 saturated heterocycles. The van der Waals surface area contributed by atoms with Crippen LogP contribution < -0.4 is 10.5 Å². The number of aliphatic hydroxyl groups excluding tert-OH is 1. The molecule has 0 aliphatic heterocycles. The average Bonchev–Trinajstić information content (AvgIpc) is 2.48. The highest BCUT2D eigenvalue weighted by atomic mass is 19.1. The molecule has 0 spiro atoms. The molecule has 3 nitrogen and oxygen atoms in total. The van der Waals surface area contributed by atoms with Crippen LogP contribution in [0.2, 0.25) is 0 Å². The van der Waals surface area contributed by atoms with Crippen LogP contribution in [0.25, 0.3) is 0 Å². The van der Waals surface area contributed by atoms with E-state index in [0.717, 1.165) is 11.1 Å². The van der Waals surface area contributed by atoms with E-state index in [9.17, 15) is 9.50 Å². The number of aliphatic hydroxyl groups is 1. The van der Waals surface area contributed by atoms with Crippen molar-refractivity contribution < 1.29 is 14.2 Å². The zero-order valence-electron chi connectivity index (χ0n) is 12.2. The van der Waals surface area contributed by atoms with E-state index in [4.69, 9.17) is 10.5 Å². The number of rotatable bonds is 5. The smallest absolute Gasteiger partial charge is 0.129 e. The Morgan fingerprint density at radius 3 is 2.62 bits per heavy atom. The van der Waals surface area contributed by atoms with E-state index < -0.39 is 17.8 Å². The van der Waals surface area contributed by atoms with Gasteiger partial charge in [-0.25, -0.2) is 4.39 Å². The molecule has 0 fully saturated rings. The van der Waals surface area contributed by atoms with Crippen LogP contribution in [-0.4, -0.2) is 18.8 Å². The van der Waals surface area contributed by atoms with Gasteiger partial charge < -0.3 is 15.6 Å². The molecule has 3 N–H and O–H groups in total. The Morgan fingerprint density at radius 2 is 2.00 bits per heavy atom. The molecule has 0 saturated carbocycles. The van der Waals surface area contributed by atoms with Gasteiger partial charge in [-0.15, -0.1) is 0 Å². The summed E-state index contributed by atoms with van der Waals surface area (Å²) in [7, 11) is 1.58. The second-order valence-corrected chi connectivity index (χ2v) is 5.09. The van der Waals surface area contributed by atoms with Crippen molar-refractivity contribution in [2.24, 2.45) is 5.73 Å². The maximum Gasteiger partial charge on any atom is 0.129 e. The van der Waals surface area contributed by atoms with E-state index in [1.165, 1.54) is 6.07 Å². The molecule has 2 aromatic carbocycles. The maximum atomic E-state index is 14.0. The number of hydrogen-bond acceptors (Lipinski definition) is 3. The van der Waals surface area contributed by atoms with Crippen molar-refractivity contribution in [2.75, 3.05) is 13.7 Å². The second-order valence-electron chi connectivity index (χ2n) is 5.09. The van der Waals surface area contributed by atoms with Gasteiger partial charge in [-0.05, 0) is 36.2 Å². The Bertz CT molecular complexity index is 615. The van der Waals surface area contributed by atoms with Crippen LogP contribution in [0.15, 0.2) is 42.5 Å². The third-order valence-corrected chi connectivity index (χ3v) is 3.63. The predicted molar refractivity (Wildman–Crippen MR) is 80.9 cm³/mol. The highest BCUT2D eigenvalue weighted by Gasteiger charge is 2.24. The number of ether oxygens (including phenoxy) is 1. The quantitative estimate of drug-likeness (QED) is 0.890. The van der Waals surface area contributed by atoms with E-state index in [-0.39, 0.29) is 12.1 Å². The van der Waals surface area contributed by atoms with E-state index in [2.05, 4.69) is 0 Å². The third-order valence-electron chi connectivity index (χ3n) is 3.63. The lowest BCUT2D eigenvalue weighted by molar-refractivity contribution is 0.143. The van der Waals surface area contributed by atoms with Gasteiger partial charge in [0.15, 0.2) is 0 Å². The van der Waals surface area contributed by atoms with Crippen LogP contribution in [0.5, 0.6) is 5.75 Å². The summed E-state index contributed by atoms with van der Waals surface area (Å²) >= 11 is 0. The Balaban J connectivity index is 2.35. The van der Waals surface area contributed by atoms with Crippen molar-refractivity contribution in [3.8, 4) is 5.75 Å². The number of halogens is 1. The second kappa shape index (κ2) is 6.70. The number of benzene rings is 2. The van der Waals surface area contributed by atoms with Crippen LogP contribution in [-0.2, 0) is 0 Å². The molecule has 2 atom stereocenters. The van der Waals surface area contributed by atoms with E-state index in [0.29, 0.717) is 5.75 Å². The molecule has 0 amide bonds. The van der Waals surface area contributed by atoms with Crippen LogP contribution in [0.1, 0.15) is 28.7 Å². The number of methoxy groups -OCH3 is 1. The molecule has 0 aliphatic rings. The Labute approximate surface area is 124 Å². The van der Waals surface area contributed by atoms with Gasteiger partial charge in [0, 0.05) is 18.0 Å². The van der Waals surface area contributed by atoms with Crippen molar-refractivity contribution in [3.63, 3.8) is 0 Å². The van der Waals surface area contributed by atoms with Crippen molar-refractivity contribution in [3.05, 3.63) is 65.0 Å². The van der Waals surface area contributed by atoms with Crippen molar-refractivity contribution >= 4 is 0 Å². The SMILES string of the molecule is COc1cccc(C(CN)C(O)c2ccc(C)cc2F)c1. The maximum absolute atomic E-state index is 14.0. The molecule has 21 heavy (non-hydrogen) atoms. The summed E-state index contributed by atoms with van der Waals surface area (Å²) in [5.41, 5.74) is 7.69. The molecule has 0 aromatic heterocycles. The summed E-state index contributed by atoms with van der Waals surface area (Å²) in [4.78, 5) is 0. The Kier molecular flexibility index (Phi) is 4.94. The average molecular weight is 289 g/mol. The first-order valence-electron chi connectivity index (χ1n) is 6.85. The van der Waals surface area contributed by atoms with Crippen molar-refractivity contribution in [2.45, 2.75) is 18.9 Å². The summed E-state index contributed by atoms with van der Waals surface area (Å²) in [5.74, 6) is -0.122. The van der Waals surface area contributed by atoms with Crippen molar-refractivity contribution in [1.29, 1.82) is 0 Å². The Hall–Kier alpha value is -1.91. The number of hydrogen-bond donors (Lipinski definition) is 2. The van der Waals surface area contributed by atoms with Gasteiger partial charge in [0.25, 0.3) is 0 Å². The molecular formula is C17H20FNO2. The van der Waals surface area contributed by atoms with Gasteiger partial charge >= 0.3 is 0 Å². The summed E-state index contributed by atoms with van der Waals surface area (Å²) in [6.07, 6.45) is -0.997. The first-order chi connectivity index (χ1) is 10.1. The highest BCUT2D eigenvalue weighted by Crippen LogP contribution is 2.33. The summed E-state index contributed by atoms with van der Waals surface area (Å²) < 4.78 is 19.2. The minimum absolute atomic E-state index is 0.210. The topological polar surface area (TPSA) is 55.5 Å². The summed E-state index contributed by atoms with van der Waals surface area (Å²) in [6, 6.07) is 12.1. The third kappa shape index (κ3) is 3.40. The molecule has 0 aliphatic carbocycles. The van der Waals surface area contributed by atoms with Gasteiger partial charge in [0.1, 0.15) is 11.6 Å². The molecule has 0 radical (unpaired) electrons. The molecule has 4 heteroatoms. The molecule has 0 heterocycles. The fourth-order valence-electron chi connectivity index (χ4n) is 2.41. The van der Waals surface area contributed by atoms with Gasteiger partial charge in [0.2, 0.25) is 0 Å². The molecule has 2 unspecified atom stereocenters. The van der Waals surface area contributed by atoms with Gasteiger partial charge in [0.05, 0.1) is 13.2 Å². The van der Waals surface area contributed by atoms with E-state index >= 15 is 0 Å². The summed E-state index contributed by atoms with van der Waals surface area (Å²) in [6.45, 7) is 2.02. The largest absolute Gasteiger partial charge is 0.497 e. The molecule has 2 rings (SSSR count). The zero-order chi connectivity index (χ0) is 15.4. The minimum Gasteiger partial charge on any atom is -0.497 e. The lowest BCUT2D eigenvalue weighted by Gasteiger charge is -2.23. The van der Waals surface area contributed by atoms with Gasteiger partial charge in [-0.3, -0.25) is 0 Å². The lowest BCUT2D eigenvalue weighted by atomic mass is 9.88. The van der Waals surface area contributed by atoms with E-state index in [1.54, 1.807) is 19.2 Å². The molecular weight excluding hydrogens is 269 g/mol. The van der Waals surface area contributed by atoms with Gasteiger partial charge in [-0.2, -0.15) is 0 Å².